The number of aromatic nitrogens is 3. The van der Waals surface area contributed by atoms with Crippen LogP contribution in [0.5, 0.6) is 0 Å². The molecule has 0 unspecified atom stereocenters. The van der Waals surface area contributed by atoms with Crippen LogP contribution in [0.25, 0.3) is 0 Å². The standard InChI is InChI=1S/C19H25N5O5S2/c1-12(2)10-24-17(20)16(18(26)22-19(24)27)14(25)11-30-15-6-5-13(9-21-15)31(28,29)23-7-3-4-8-23/h5-6,9,12H,3-4,7-8,10-11,20H2,1-2H3,(H,22,26,27). The number of sulfonamides is 1. The average molecular weight is 468 g/mol. The monoisotopic (exact) mass is 467 g/mol. The number of anilines is 1. The maximum absolute atomic E-state index is 12.6. The summed E-state index contributed by atoms with van der Waals surface area (Å²) in [6, 6.07) is 2.98. The second kappa shape index (κ2) is 9.37. The Balaban J connectivity index is 1.74. The Bertz CT molecular complexity index is 1180. The number of Topliss-reactive ketones (excluding diaryl/α,β-unsaturated/α-hetero) is 1. The number of hydrogen-bond donors (Lipinski definition) is 2. The Morgan fingerprint density at radius 1 is 1.26 bits per heavy atom. The second-order valence-electron chi connectivity index (χ2n) is 7.68. The van der Waals surface area contributed by atoms with Crippen molar-refractivity contribution in [2.24, 2.45) is 5.92 Å². The fourth-order valence-corrected chi connectivity index (χ4v) is 5.48. The first-order valence-corrected chi connectivity index (χ1v) is 12.3. The Labute approximate surface area is 183 Å². The summed E-state index contributed by atoms with van der Waals surface area (Å²) in [7, 11) is -3.56. The van der Waals surface area contributed by atoms with Gasteiger partial charge in [-0.15, -0.1) is 0 Å². The Kier molecular flexibility index (Phi) is 7.02. The molecule has 0 amide bonds. The first-order valence-electron chi connectivity index (χ1n) is 9.86. The van der Waals surface area contributed by atoms with Crippen molar-refractivity contribution in [3.05, 3.63) is 44.7 Å². The largest absolute Gasteiger partial charge is 0.384 e. The molecular formula is C19H25N5O5S2. The number of carbonyl (C=O) groups excluding carboxylic acids is 1. The summed E-state index contributed by atoms with van der Waals surface area (Å²) in [6.45, 7) is 5.04. The van der Waals surface area contributed by atoms with Gasteiger partial charge in [0, 0.05) is 25.8 Å². The SMILES string of the molecule is CC(C)Cn1c(N)c(C(=O)CSc2ccc(S(=O)(=O)N3CCCC3)cn2)c(=O)[nH]c1=O. The molecule has 31 heavy (non-hydrogen) atoms. The van der Waals surface area contributed by atoms with Gasteiger partial charge in [-0.3, -0.25) is 19.1 Å². The van der Waals surface area contributed by atoms with E-state index in [2.05, 4.69) is 9.97 Å². The van der Waals surface area contributed by atoms with Crippen LogP contribution >= 0.6 is 11.8 Å². The molecule has 1 aliphatic heterocycles. The van der Waals surface area contributed by atoms with Crippen molar-refractivity contribution >= 4 is 33.4 Å². The molecular weight excluding hydrogens is 442 g/mol. The lowest BCUT2D eigenvalue weighted by molar-refractivity contribution is 0.102. The highest BCUT2D eigenvalue weighted by molar-refractivity contribution is 7.99. The number of nitrogens with two attached hydrogens (primary N) is 1. The van der Waals surface area contributed by atoms with Gasteiger partial charge in [0.05, 0.1) is 10.8 Å². The van der Waals surface area contributed by atoms with E-state index in [-0.39, 0.29) is 34.5 Å². The predicted molar refractivity (Wildman–Crippen MR) is 118 cm³/mol. The number of nitrogen functional groups attached to an aromatic ring is 1. The van der Waals surface area contributed by atoms with Gasteiger partial charge in [-0.05, 0) is 30.9 Å². The van der Waals surface area contributed by atoms with Crippen LogP contribution in [0, 0.1) is 5.92 Å². The third-order valence-electron chi connectivity index (χ3n) is 4.83. The molecule has 1 aliphatic rings. The van der Waals surface area contributed by atoms with Gasteiger partial charge in [-0.1, -0.05) is 25.6 Å². The predicted octanol–water partition coefficient (Wildman–Crippen LogP) is 0.929. The Morgan fingerprint density at radius 3 is 2.52 bits per heavy atom. The van der Waals surface area contributed by atoms with Gasteiger partial charge in [0.2, 0.25) is 10.0 Å². The van der Waals surface area contributed by atoms with Gasteiger partial charge in [0.15, 0.2) is 5.78 Å². The van der Waals surface area contributed by atoms with Crippen molar-refractivity contribution in [1.29, 1.82) is 0 Å². The number of thioether (sulfide) groups is 1. The van der Waals surface area contributed by atoms with Gasteiger partial charge in [0.1, 0.15) is 16.3 Å². The van der Waals surface area contributed by atoms with E-state index in [1.165, 1.54) is 27.2 Å². The average Bonchev–Trinajstić information content (AvgIpc) is 3.25. The van der Waals surface area contributed by atoms with Crippen LogP contribution in [0.15, 0.2) is 37.8 Å². The summed E-state index contributed by atoms with van der Waals surface area (Å²) < 4.78 is 27.7. The highest BCUT2D eigenvalue weighted by Gasteiger charge is 2.27. The smallest absolute Gasteiger partial charge is 0.329 e. The lowest BCUT2D eigenvalue weighted by Gasteiger charge is -2.15. The summed E-state index contributed by atoms with van der Waals surface area (Å²) in [5.74, 6) is -0.758. The number of hydrogen-bond acceptors (Lipinski definition) is 8. The highest BCUT2D eigenvalue weighted by atomic mass is 32.2. The van der Waals surface area contributed by atoms with E-state index in [1.54, 1.807) is 0 Å². The summed E-state index contributed by atoms with van der Waals surface area (Å²) in [6.07, 6.45) is 2.95. The third-order valence-corrected chi connectivity index (χ3v) is 7.66. The van der Waals surface area contributed by atoms with Crippen molar-refractivity contribution in [1.82, 2.24) is 18.8 Å². The van der Waals surface area contributed by atoms with Crippen molar-refractivity contribution in [2.75, 3.05) is 24.6 Å². The topological polar surface area (TPSA) is 148 Å². The molecule has 3 N–H and O–H groups in total. The van der Waals surface area contributed by atoms with Gasteiger partial charge >= 0.3 is 5.69 Å². The van der Waals surface area contributed by atoms with Gasteiger partial charge in [0.25, 0.3) is 5.56 Å². The Morgan fingerprint density at radius 2 is 1.94 bits per heavy atom. The molecule has 168 valence electrons. The van der Waals surface area contributed by atoms with Crippen molar-refractivity contribution < 1.29 is 13.2 Å². The number of rotatable bonds is 8. The molecule has 12 heteroatoms. The van der Waals surface area contributed by atoms with Crippen molar-refractivity contribution in [3.63, 3.8) is 0 Å². The van der Waals surface area contributed by atoms with E-state index in [4.69, 9.17) is 5.73 Å². The number of carbonyl (C=O) groups is 1. The zero-order chi connectivity index (χ0) is 22.8. The van der Waals surface area contributed by atoms with Gasteiger partial charge < -0.3 is 5.73 Å². The summed E-state index contributed by atoms with van der Waals surface area (Å²) >= 11 is 1.05. The molecule has 1 saturated heterocycles. The molecule has 3 heterocycles. The lowest BCUT2D eigenvalue weighted by atomic mass is 10.2. The van der Waals surface area contributed by atoms with E-state index in [0.717, 1.165) is 24.6 Å². The molecule has 1 fully saturated rings. The van der Waals surface area contributed by atoms with E-state index in [1.807, 2.05) is 13.8 Å². The number of pyridine rings is 1. The summed E-state index contributed by atoms with van der Waals surface area (Å²) in [4.78, 5) is 43.2. The van der Waals surface area contributed by atoms with E-state index >= 15 is 0 Å². The van der Waals surface area contributed by atoms with Gasteiger partial charge in [-0.25, -0.2) is 18.2 Å². The maximum atomic E-state index is 12.6. The van der Waals surface area contributed by atoms with Crippen LogP contribution in [-0.4, -0.2) is 51.9 Å². The number of nitrogens with zero attached hydrogens (tertiary/aromatic N) is 3. The maximum Gasteiger partial charge on any atom is 0.329 e. The van der Waals surface area contributed by atoms with E-state index < -0.39 is 27.1 Å². The molecule has 0 atom stereocenters. The fourth-order valence-electron chi connectivity index (χ4n) is 3.30. The van der Waals surface area contributed by atoms with Crippen molar-refractivity contribution in [2.45, 2.75) is 43.2 Å². The zero-order valence-corrected chi connectivity index (χ0v) is 19.0. The molecule has 3 rings (SSSR count). The quantitative estimate of drug-likeness (QED) is 0.430. The van der Waals surface area contributed by atoms with Crippen LogP contribution in [0.1, 0.15) is 37.0 Å². The molecule has 0 radical (unpaired) electrons. The van der Waals surface area contributed by atoms with Crippen LogP contribution in [0.3, 0.4) is 0 Å². The molecule has 0 bridgehead atoms. The molecule has 10 nitrogen and oxygen atoms in total. The molecule has 0 aromatic carbocycles. The molecule has 0 spiro atoms. The van der Waals surface area contributed by atoms with E-state index in [0.29, 0.717) is 18.1 Å². The molecule has 2 aromatic heterocycles. The number of nitrogens with one attached hydrogen (secondary N) is 1. The molecule has 0 aliphatic carbocycles. The lowest BCUT2D eigenvalue weighted by Crippen LogP contribution is -2.37. The van der Waals surface area contributed by atoms with E-state index in [9.17, 15) is 22.8 Å². The normalized spacial score (nSPS) is 14.9. The number of H-pyrrole nitrogens is 1. The number of aromatic amines is 1. The van der Waals surface area contributed by atoms with Crippen molar-refractivity contribution in [3.8, 4) is 0 Å². The second-order valence-corrected chi connectivity index (χ2v) is 10.6. The third kappa shape index (κ3) is 5.08. The van der Waals surface area contributed by atoms with Crippen LogP contribution < -0.4 is 17.0 Å². The summed E-state index contributed by atoms with van der Waals surface area (Å²) in [5.41, 5.74) is 4.21. The first kappa shape index (κ1) is 23.2. The van der Waals surface area contributed by atoms with Crippen LogP contribution in [0.4, 0.5) is 5.82 Å². The zero-order valence-electron chi connectivity index (χ0n) is 17.3. The minimum atomic E-state index is -3.56. The highest BCUT2D eigenvalue weighted by Crippen LogP contribution is 2.23. The molecule has 0 saturated carbocycles. The minimum absolute atomic E-state index is 0.0859. The molecule has 2 aromatic rings. The van der Waals surface area contributed by atoms with Crippen LogP contribution in [0.2, 0.25) is 0 Å². The summed E-state index contributed by atoms with van der Waals surface area (Å²) in [5, 5.41) is 0.430. The number of ketones is 1. The first-order chi connectivity index (χ1) is 14.6. The fraction of sp³-hybridized carbons (Fsp3) is 0.474. The minimum Gasteiger partial charge on any atom is -0.384 e. The Hall–Kier alpha value is -2.44. The van der Waals surface area contributed by atoms with Gasteiger partial charge in [-0.2, -0.15) is 4.31 Å². The van der Waals surface area contributed by atoms with Crippen LogP contribution in [-0.2, 0) is 16.6 Å².